The maximum absolute atomic E-state index is 10.5. The minimum absolute atomic E-state index is 0.172. The van der Waals surface area contributed by atoms with E-state index in [0.29, 0.717) is 17.2 Å². The summed E-state index contributed by atoms with van der Waals surface area (Å²) in [7, 11) is 0. The van der Waals surface area contributed by atoms with Crippen LogP contribution in [0.3, 0.4) is 0 Å². The smallest absolute Gasteiger partial charge is 0.151 e. The number of aromatic nitrogens is 4. The Bertz CT molecular complexity index is 1020. The first-order valence-electron chi connectivity index (χ1n) is 10.6. The van der Waals surface area contributed by atoms with E-state index in [4.69, 9.17) is 0 Å². The molecule has 2 aromatic heterocycles. The highest BCUT2D eigenvalue weighted by atomic mass is 32.1. The van der Waals surface area contributed by atoms with Gasteiger partial charge in [-0.15, -0.1) is 20.4 Å². The van der Waals surface area contributed by atoms with Crippen molar-refractivity contribution in [2.45, 2.75) is 38.6 Å². The fourth-order valence-electron chi connectivity index (χ4n) is 4.09. The molecule has 1 aromatic carbocycles. The van der Waals surface area contributed by atoms with Gasteiger partial charge in [-0.2, -0.15) is 0 Å². The Morgan fingerprint density at radius 3 is 2.67 bits per heavy atom. The number of benzene rings is 1. The third-order valence-corrected chi connectivity index (χ3v) is 7.00. The van der Waals surface area contributed by atoms with Gasteiger partial charge in [0.05, 0.1) is 5.69 Å². The van der Waals surface area contributed by atoms with Crippen LogP contribution in [0.4, 0.5) is 5.82 Å². The normalized spacial score (nSPS) is 19.2. The Morgan fingerprint density at radius 1 is 1.10 bits per heavy atom. The van der Waals surface area contributed by atoms with Crippen molar-refractivity contribution >= 4 is 17.2 Å². The van der Waals surface area contributed by atoms with Crippen molar-refractivity contribution in [3.63, 3.8) is 0 Å². The number of rotatable bonds is 6. The van der Waals surface area contributed by atoms with Gasteiger partial charge in [-0.05, 0) is 62.9 Å². The van der Waals surface area contributed by atoms with E-state index in [-0.39, 0.29) is 5.75 Å². The number of aromatic hydroxyl groups is 1. The van der Waals surface area contributed by atoms with Crippen molar-refractivity contribution in [2.75, 3.05) is 24.5 Å². The van der Waals surface area contributed by atoms with E-state index in [1.807, 2.05) is 31.2 Å². The van der Waals surface area contributed by atoms with Gasteiger partial charge in [0.25, 0.3) is 0 Å². The molecule has 1 aliphatic carbocycles. The molecule has 8 heteroatoms. The molecular formula is C22H26N6OS. The summed E-state index contributed by atoms with van der Waals surface area (Å²) >= 11 is 1.51. The summed E-state index contributed by atoms with van der Waals surface area (Å²) in [6.07, 6.45) is 5.22. The third-order valence-electron chi connectivity index (χ3n) is 6.11. The number of nitrogens with one attached hydrogen (secondary N) is 1. The topological polar surface area (TPSA) is 87.1 Å². The van der Waals surface area contributed by atoms with Gasteiger partial charge in [-0.3, -0.25) is 0 Å². The lowest BCUT2D eigenvalue weighted by molar-refractivity contribution is 0.321. The zero-order valence-corrected chi connectivity index (χ0v) is 17.9. The highest BCUT2D eigenvalue weighted by molar-refractivity contribution is 7.14. The molecule has 1 aliphatic heterocycles. The minimum Gasteiger partial charge on any atom is -0.507 e. The molecule has 3 heterocycles. The zero-order chi connectivity index (χ0) is 20.5. The number of hydrogen-bond acceptors (Lipinski definition) is 8. The molecular weight excluding hydrogens is 396 g/mol. The quantitative estimate of drug-likeness (QED) is 0.627. The summed E-state index contributed by atoms with van der Waals surface area (Å²) in [6, 6.07) is 10.2. The van der Waals surface area contributed by atoms with Gasteiger partial charge >= 0.3 is 0 Å². The molecule has 5 rings (SSSR count). The highest BCUT2D eigenvalue weighted by Crippen LogP contribution is 2.34. The number of anilines is 1. The molecule has 0 bridgehead atoms. The van der Waals surface area contributed by atoms with Crippen molar-refractivity contribution < 1.29 is 5.11 Å². The maximum Gasteiger partial charge on any atom is 0.151 e. The van der Waals surface area contributed by atoms with E-state index in [1.165, 1.54) is 37.0 Å². The standard InChI is InChI=1S/C22H26N6OS/c1-14-24-27-22(30-14)16-5-6-18(20(29)11-16)19-7-8-21(26-25-19)28-10-9-15(13-28)12-23-17-3-2-4-17/h5-8,11,15,17,23,29H,2-4,9-10,12-13H2,1H3/t15-/m1/s1. The lowest BCUT2D eigenvalue weighted by Gasteiger charge is -2.28. The summed E-state index contributed by atoms with van der Waals surface area (Å²) in [5.74, 6) is 1.75. The van der Waals surface area contributed by atoms with Crippen LogP contribution in [0.5, 0.6) is 5.75 Å². The van der Waals surface area contributed by atoms with E-state index in [0.717, 1.165) is 47.1 Å². The molecule has 0 spiro atoms. The molecule has 0 radical (unpaired) electrons. The van der Waals surface area contributed by atoms with Crippen molar-refractivity contribution in [1.29, 1.82) is 0 Å². The predicted molar refractivity (Wildman–Crippen MR) is 119 cm³/mol. The Balaban J connectivity index is 1.25. The van der Waals surface area contributed by atoms with E-state index in [1.54, 1.807) is 6.07 Å². The molecule has 1 atom stereocenters. The van der Waals surface area contributed by atoms with E-state index >= 15 is 0 Å². The lowest BCUT2D eigenvalue weighted by atomic mass is 9.92. The first-order chi connectivity index (χ1) is 14.7. The Hall–Kier alpha value is -2.58. The van der Waals surface area contributed by atoms with Crippen LogP contribution < -0.4 is 10.2 Å². The Kier molecular flexibility index (Phi) is 5.35. The van der Waals surface area contributed by atoms with Crippen LogP contribution in [0.2, 0.25) is 0 Å². The molecule has 2 aliphatic rings. The van der Waals surface area contributed by atoms with Gasteiger partial charge in [0.15, 0.2) is 5.82 Å². The molecule has 7 nitrogen and oxygen atoms in total. The van der Waals surface area contributed by atoms with Gasteiger partial charge in [0.1, 0.15) is 15.8 Å². The Labute approximate surface area is 180 Å². The predicted octanol–water partition coefficient (Wildman–Crippen LogP) is 3.64. The van der Waals surface area contributed by atoms with Gasteiger partial charge in [-0.1, -0.05) is 23.8 Å². The van der Waals surface area contributed by atoms with Crippen molar-refractivity contribution in [3.8, 4) is 27.6 Å². The SMILES string of the molecule is Cc1nnc(-c2ccc(-c3ccc(N4CC[C@H](CNC5CCC5)C4)nn3)c(O)c2)s1. The average molecular weight is 423 g/mol. The van der Waals surface area contributed by atoms with Crippen LogP contribution in [0, 0.1) is 12.8 Å². The van der Waals surface area contributed by atoms with Gasteiger partial charge < -0.3 is 15.3 Å². The van der Waals surface area contributed by atoms with Crippen LogP contribution in [-0.2, 0) is 0 Å². The van der Waals surface area contributed by atoms with Crippen LogP contribution in [-0.4, -0.2) is 51.2 Å². The van der Waals surface area contributed by atoms with Gasteiger partial charge in [0, 0.05) is 30.3 Å². The molecule has 2 N–H and O–H groups in total. The highest BCUT2D eigenvalue weighted by Gasteiger charge is 2.25. The summed E-state index contributed by atoms with van der Waals surface area (Å²) in [5.41, 5.74) is 2.19. The summed E-state index contributed by atoms with van der Waals surface area (Å²) in [5, 5.41) is 32.9. The fraction of sp³-hybridized carbons (Fsp3) is 0.455. The van der Waals surface area contributed by atoms with Crippen LogP contribution >= 0.6 is 11.3 Å². The second-order valence-electron chi connectivity index (χ2n) is 8.27. The molecule has 30 heavy (non-hydrogen) atoms. The van der Waals surface area contributed by atoms with E-state index in [2.05, 4.69) is 30.6 Å². The number of phenolic OH excluding ortho intramolecular Hbond substituents is 1. The van der Waals surface area contributed by atoms with Gasteiger partial charge in [-0.25, -0.2) is 0 Å². The average Bonchev–Trinajstić information content (AvgIpc) is 3.36. The fourth-order valence-corrected chi connectivity index (χ4v) is 4.77. The summed E-state index contributed by atoms with van der Waals surface area (Å²) in [6.45, 7) is 5.06. The largest absolute Gasteiger partial charge is 0.507 e. The van der Waals surface area contributed by atoms with Crippen molar-refractivity contribution in [1.82, 2.24) is 25.7 Å². The monoisotopic (exact) mass is 422 g/mol. The number of phenols is 1. The second-order valence-corrected chi connectivity index (χ2v) is 9.45. The van der Waals surface area contributed by atoms with Crippen molar-refractivity contribution in [3.05, 3.63) is 35.3 Å². The van der Waals surface area contributed by atoms with Crippen LogP contribution in [0.1, 0.15) is 30.7 Å². The molecule has 3 aromatic rings. The first kappa shape index (κ1) is 19.4. The molecule has 1 saturated heterocycles. The van der Waals surface area contributed by atoms with Gasteiger partial charge in [0.2, 0.25) is 0 Å². The van der Waals surface area contributed by atoms with Crippen LogP contribution in [0.15, 0.2) is 30.3 Å². The van der Waals surface area contributed by atoms with E-state index in [9.17, 15) is 5.11 Å². The summed E-state index contributed by atoms with van der Waals surface area (Å²) < 4.78 is 0. The maximum atomic E-state index is 10.5. The molecule has 2 fully saturated rings. The molecule has 156 valence electrons. The van der Waals surface area contributed by atoms with Crippen LogP contribution in [0.25, 0.3) is 21.8 Å². The zero-order valence-electron chi connectivity index (χ0n) is 17.1. The van der Waals surface area contributed by atoms with Crippen molar-refractivity contribution in [2.24, 2.45) is 5.92 Å². The summed E-state index contributed by atoms with van der Waals surface area (Å²) in [4.78, 5) is 2.31. The third kappa shape index (κ3) is 4.02. The Morgan fingerprint density at radius 2 is 2.00 bits per heavy atom. The molecule has 0 unspecified atom stereocenters. The number of hydrogen-bond donors (Lipinski definition) is 2. The lowest BCUT2D eigenvalue weighted by Crippen LogP contribution is -2.38. The minimum atomic E-state index is 0.172. The first-order valence-corrected chi connectivity index (χ1v) is 11.4. The number of nitrogens with zero attached hydrogens (tertiary/aromatic N) is 5. The number of aryl methyl sites for hydroxylation is 1. The van der Waals surface area contributed by atoms with E-state index < -0.39 is 0 Å². The molecule has 0 amide bonds. The second kappa shape index (κ2) is 8.28. The molecule has 1 saturated carbocycles.